The molecule has 0 radical (unpaired) electrons. The van der Waals surface area contributed by atoms with E-state index in [0.717, 1.165) is 18.2 Å². The summed E-state index contributed by atoms with van der Waals surface area (Å²) in [4.78, 5) is 9.80. The lowest BCUT2D eigenvalue weighted by Crippen LogP contribution is -2.56. The fourth-order valence-corrected chi connectivity index (χ4v) is 6.17. The molecule has 0 aliphatic heterocycles. The van der Waals surface area contributed by atoms with Gasteiger partial charge < -0.3 is 25.2 Å². The van der Waals surface area contributed by atoms with E-state index in [1.807, 2.05) is 0 Å². The number of alkyl halides is 3. The van der Waals surface area contributed by atoms with Crippen molar-refractivity contribution in [2.45, 2.75) is 24.7 Å². The maximum atomic E-state index is 16.4. The van der Waals surface area contributed by atoms with E-state index in [1.165, 1.54) is 14.2 Å². The summed E-state index contributed by atoms with van der Waals surface area (Å²) in [5.74, 6) is -2.58. The number of nitrogens with zero attached hydrogens (tertiary/aromatic N) is 4. The second kappa shape index (κ2) is 9.99. The molecule has 1 aliphatic carbocycles. The normalized spacial score (nSPS) is 19.1. The number of nitrogen functional groups attached to an aromatic ring is 1. The number of halogens is 5. The van der Waals surface area contributed by atoms with Gasteiger partial charge in [0, 0.05) is 42.5 Å². The summed E-state index contributed by atoms with van der Waals surface area (Å²) in [6, 6.07) is 3.73. The number of nitrogens with two attached hydrogens (primary N) is 1. The molecule has 3 N–H and O–H groups in total. The zero-order valence-corrected chi connectivity index (χ0v) is 22.1. The van der Waals surface area contributed by atoms with Gasteiger partial charge in [0.2, 0.25) is 0 Å². The van der Waals surface area contributed by atoms with Crippen molar-refractivity contribution in [2.24, 2.45) is 5.92 Å². The Bertz CT molecular complexity index is 1690. The Morgan fingerprint density at radius 3 is 2.58 bits per heavy atom. The molecule has 5 rings (SSSR count). The van der Waals surface area contributed by atoms with Crippen molar-refractivity contribution in [1.29, 1.82) is 5.26 Å². The van der Waals surface area contributed by atoms with Gasteiger partial charge in [0.25, 0.3) is 0 Å². The predicted octanol–water partition coefficient (Wildman–Crippen LogP) is 5.10. The monoisotopic (exact) mass is 579 g/mol. The zero-order valence-electron chi connectivity index (χ0n) is 21.3. The molecule has 2 aromatic carbocycles. The highest BCUT2D eigenvalue weighted by atomic mass is 32.1. The largest absolute Gasteiger partial charge is 0.467 e. The molecule has 2 heterocycles. The summed E-state index contributed by atoms with van der Waals surface area (Å²) in [5, 5.41) is 19.2. The molecule has 8 nitrogen and oxygen atoms in total. The molecule has 40 heavy (non-hydrogen) atoms. The van der Waals surface area contributed by atoms with Crippen LogP contribution < -0.4 is 15.4 Å². The van der Waals surface area contributed by atoms with Crippen molar-refractivity contribution in [3.63, 3.8) is 0 Å². The van der Waals surface area contributed by atoms with Gasteiger partial charge in [-0.1, -0.05) is 6.07 Å². The van der Waals surface area contributed by atoms with Crippen LogP contribution in [0.25, 0.3) is 32.1 Å². The highest BCUT2D eigenvalue weighted by molar-refractivity contribution is 7.23. The van der Waals surface area contributed by atoms with Gasteiger partial charge in [-0.25, -0.2) is 8.78 Å². The first-order chi connectivity index (χ1) is 18.9. The number of aliphatic hydroxyl groups is 1. The average molecular weight is 580 g/mol. The Morgan fingerprint density at radius 1 is 1.25 bits per heavy atom. The summed E-state index contributed by atoms with van der Waals surface area (Å²) in [7, 11) is 4.25. The summed E-state index contributed by atoms with van der Waals surface area (Å²) in [6.07, 6.45) is -5.47. The van der Waals surface area contributed by atoms with E-state index in [9.17, 15) is 27.9 Å². The van der Waals surface area contributed by atoms with E-state index >= 15 is 4.39 Å². The number of benzene rings is 2. The van der Waals surface area contributed by atoms with Crippen molar-refractivity contribution >= 4 is 43.1 Å². The smallest absolute Gasteiger partial charge is 0.417 e. The molecule has 14 heteroatoms. The van der Waals surface area contributed by atoms with Gasteiger partial charge in [-0.3, -0.25) is 0 Å². The van der Waals surface area contributed by atoms with Crippen molar-refractivity contribution in [3.8, 4) is 23.2 Å². The minimum absolute atomic E-state index is 0.0439. The third-order valence-electron chi connectivity index (χ3n) is 7.24. The Hall–Kier alpha value is -3.80. The first-order valence-corrected chi connectivity index (χ1v) is 12.7. The van der Waals surface area contributed by atoms with Crippen molar-refractivity contribution in [3.05, 3.63) is 41.0 Å². The van der Waals surface area contributed by atoms with Crippen molar-refractivity contribution in [2.75, 3.05) is 38.5 Å². The van der Waals surface area contributed by atoms with Crippen LogP contribution in [0.3, 0.4) is 0 Å². The van der Waals surface area contributed by atoms with E-state index in [-0.39, 0.29) is 68.4 Å². The number of nitriles is 1. The quantitative estimate of drug-likeness (QED) is 0.303. The number of aromatic nitrogens is 2. The van der Waals surface area contributed by atoms with Crippen LogP contribution in [0.5, 0.6) is 6.01 Å². The number of anilines is 2. The molecular weight excluding hydrogens is 557 g/mol. The predicted molar refractivity (Wildman–Crippen MR) is 139 cm³/mol. The van der Waals surface area contributed by atoms with Crippen LogP contribution in [0, 0.1) is 28.9 Å². The molecule has 0 spiro atoms. The second-order valence-electron chi connectivity index (χ2n) is 9.39. The van der Waals surface area contributed by atoms with Gasteiger partial charge in [-0.05, 0) is 24.1 Å². The van der Waals surface area contributed by atoms with Crippen LogP contribution in [-0.2, 0) is 10.9 Å². The Kier molecular flexibility index (Phi) is 6.93. The number of hydrogen-bond donors (Lipinski definition) is 2. The number of ether oxygens (including phenoxy) is 2. The van der Waals surface area contributed by atoms with Crippen LogP contribution in [-0.4, -0.2) is 55.1 Å². The van der Waals surface area contributed by atoms with Crippen LogP contribution in [0.1, 0.15) is 17.5 Å². The maximum Gasteiger partial charge on any atom is 0.417 e. The minimum Gasteiger partial charge on any atom is -0.467 e. The number of aliphatic hydroxyl groups excluding tert-OH is 1. The Labute approximate surface area is 228 Å². The highest BCUT2D eigenvalue weighted by Gasteiger charge is 2.44. The molecule has 0 saturated heterocycles. The summed E-state index contributed by atoms with van der Waals surface area (Å²) < 4.78 is 84.9. The minimum atomic E-state index is -5.07. The number of fused-ring (bicyclic) bond motifs is 2. The van der Waals surface area contributed by atoms with Crippen molar-refractivity contribution < 1.29 is 36.5 Å². The molecule has 1 aliphatic rings. The zero-order chi connectivity index (χ0) is 29.1. The first-order valence-electron chi connectivity index (χ1n) is 11.9. The lowest BCUT2D eigenvalue weighted by Gasteiger charge is -2.46. The number of rotatable bonds is 6. The third kappa shape index (κ3) is 4.25. The van der Waals surface area contributed by atoms with Crippen LogP contribution in [0.15, 0.2) is 18.2 Å². The molecule has 4 aromatic rings. The third-order valence-corrected chi connectivity index (χ3v) is 8.27. The standard InChI is InChI=1S/C26H22F5N5O3S/c1-36(16-7-17(37)13(16)9-38-2)24-11-6-14(26(29,30)31)19(20(28)21(11)34-25(35-24)39-3)10-4-5-15(27)22-18(10)12(8-32)23(33)40-22/h4-6,13,16-17,37H,7,9,33H2,1-3H3. The fourth-order valence-electron chi connectivity index (χ4n) is 5.22. The van der Waals surface area contributed by atoms with Crippen LogP contribution >= 0.6 is 11.3 Å². The number of thiophene rings is 1. The van der Waals surface area contributed by atoms with E-state index in [0.29, 0.717) is 11.3 Å². The maximum absolute atomic E-state index is 16.4. The number of hydrogen-bond acceptors (Lipinski definition) is 9. The second-order valence-corrected chi connectivity index (χ2v) is 10.4. The summed E-state index contributed by atoms with van der Waals surface area (Å²) in [5.41, 5.74) is 2.49. The molecule has 0 amide bonds. The molecule has 0 bridgehead atoms. The highest BCUT2D eigenvalue weighted by Crippen LogP contribution is 2.48. The van der Waals surface area contributed by atoms with Crippen LogP contribution in [0.2, 0.25) is 0 Å². The van der Waals surface area contributed by atoms with E-state index in [1.54, 1.807) is 18.0 Å². The summed E-state index contributed by atoms with van der Waals surface area (Å²) >= 11 is 0.684. The molecule has 2 aromatic heterocycles. The molecule has 3 atom stereocenters. The number of methoxy groups -OCH3 is 2. The lowest BCUT2D eigenvalue weighted by molar-refractivity contribution is -0.137. The van der Waals surface area contributed by atoms with E-state index in [2.05, 4.69) is 9.97 Å². The lowest BCUT2D eigenvalue weighted by atomic mass is 9.76. The van der Waals surface area contributed by atoms with Gasteiger partial charge in [0.1, 0.15) is 28.2 Å². The molecule has 1 fully saturated rings. The fraction of sp³-hybridized carbons (Fsp3) is 0.346. The van der Waals surface area contributed by atoms with E-state index in [4.69, 9.17) is 15.2 Å². The topological polar surface area (TPSA) is 118 Å². The van der Waals surface area contributed by atoms with Gasteiger partial charge in [0.15, 0.2) is 5.82 Å². The molecule has 1 saturated carbocycles. The Morgan fingerprint density at radius 2 is 1.98 bits per heavy atom. The first kappa shape index (κ1) is 27.8. The SMILES string of the molecule is COCC1C(O)CC1N(C)c1nc(OC)nc2c(F)c(-c3ccc(F)c4sc(N)c(C#N)c34)c(C(F)(F)F)cc12. The van der Waals surface area contributed by atoms with Gasteiger partial charge in [0.05, 0.1) is 35.6 Å². The van der Waals surface area contributed by atoms with Crippen LogP contribution in [0.4, 0.5) is 32.8 Å². The molecular formula is C26H22F5N5O3S. The van der Waals surface area contributed by atoms with Gasteiger partial charge in [-0.15, -0.1) is 11.3 Å². The summed E-state index contributed by atoms with van der Waals surface area (Å²) in [6.45, 7) is 0.189. The van der Waals surface area contributed by atoms with Crippen molar-refractivity contribution in [1.82, 2.24) is 9.97 Å². The molecule has 3 unspecified atom stereocenters. The van der Waals surface area contributed by atoms with Gasteiger partial charge in [-0.2, -0.15) is 28.4 Å². The molecule has 210 valence electrons. The van der Waals surface area contributed by atoms with Gasteiger partial charge >= 0.3 is 12.2 Å². The van der Waals surface area contributed by atoms with E-state index < -0.39 is 40.6 Å². The average Bonchev–Trinajstić information content (AvgIpc) is 3.26. The Balaban J connectivity index is 1.84.